The molecule has 1 aliphatic heterocycles. The Kier molecular flexibility index (Phi) is 8.05. The summed E-state index contributed by atoms with van der Waals surface area (Å²) in [5.41, 5.74) is 5.73. The van der Waals surface area contributed by atoms with E-state index in [1.807, 2.05) is 48.5 Å². The van der Waals surface area contributed by atoms with Gasteiger partial charge in [0.05, 0.1) is 5.69 Å². The number of rotatable bonds is 3. The van der Waals surface area contributed by atoms with Gasteiger partial charge < -0.3 is 4.90 Å². The Morgan fingerprint density at radius 1 is 0.960 bits per heavy atom. The zero-order valence-corrected chi connectivity index (χ0v) is 15.7. The fourth-order valence-corrected chi connectivity index (χ4v) is 3.04. The van der Waals surface area contributed by atoms with Gasteiger partial charge >= 0.3 is 17.1 Å². The van der Waals surface area contributed by atoms with Crippen molar-refractivity contribution < 1.29 is 17.1 Å². The zero-order chi connectivity index (χ0) is 16.6. The summed E-state index contributed by atoms with van der Waals surface area (Å²) in [7, 11) is 0. The standard InChI is InChI=1S/C19H22N4S.Cu/c24-19(23-14-8-1-2-9-15-23)22-21-18(16-10-4-3-5-11-16)17-12-6-7-13-20-17;/h3-7,10-13H,1-2,8-9,14-15H2,(H,22,24);/q;+2. The van der Waals surface area contributed by atoms with Gasteiger partial charge in [-0.3, -0.25) is 10.4 Å². The number of nitrogens with one attached hydrogen (secondary N) is 1. The third-order valence-electron chi connectivity index (χ3n) is 4.11. The Bertz CT molecular complexity index is 642. The van der Waals surface area contributed by atoms with Gasteiger partial charge in [-0.2, -0.15) is 5.10 Å². The molecular weight excluding hydrogens is 380 g/mol. The van der Waals surface area contributed by atoms with Crippen molar-refractivity contribution in [2.45, 2.75) is 25.7 Å². The van der Waals surface area contributed by atoms with Gasteiger partial charge in [-0.05, 0) is 37.2 Å². The maximum Gasteiger partial charge on any atom is 2.00 e. The van der Waals surface area contributed by atoms with Crippen LogP contribution in [-0.2, 0) is 17.1 Å². The third kappa shape index (κ3) is 5.63. The van der Waals surface area contributed by atoms with Crippen LogP contribution in [-0.4, -0.2) is 33.8 Å². The first-order valence-corrected chi connectivity index (χ1v) is 8.85. The predicted molar refractivity (Wildman–Crippen MR) is 102 cm³/mol. The van der Waals surface area contributed by atoms with Crippen LogP contribution >= 0.6 is 12.2 Å². The minimum atomic E-state index is 0. The van der Waals surface area contributed by atoms with Crippen LogP contribution in [0.2, 0.25) is 0 Å². The number of likely N-dealkylation sites (tertiary alicyclic amines) is 1. The van der Waals surface area contributed by atoms with Gasteiger partial charge in [-0.15, -0.1) is 0 Å². The van der Waals surface area contributed by atoms with Crippen LogP contribution in [0.5, 0.6) is 0 Å². The molecule has 4 nitrogen and oxygen atoms in total. The number of hydrogen-bond acceptors (Lipinski definition) is 3. The van der Waals surface area contributed by atoms with E-state index < -0.39 is 0 Å². The molecule has 0 amide bonds. The largest absolute Gasteiger partial charge is 2.00 e. The molecule has 0 saturated carbocycles. The summed E-state index contributed by atoms with van der Waals surface area (Å²) in [5, 5.41) is 5.29. The molecule has 25 heavy (non-hydrogen) atoms. The van der Waals surface area contributed by atoms with Gasteiger partial charge in [0.2, 0.25) is 0 Å². The van der Waals surface area contributed by atoms with Crippen LogP contribution in [0, 0.1) is 0 Å². The van der Waals surface area contributed by atoms with E-state index in [2.05, 4.69) is 20.4 Å². The third-order valence-corrected chi connectivity index (χ3v) is 4.46. The average molecular weight is 402 g/mol. The average Bonchev–Trinajstić information content (AvgIpc) is 2.93. The molecule has 1 aromatic carbocycles. The number of hydrazone groups is 1. The van der Waals surface area contributed by atoms with Crippen LogP contribution in [0.1, 0.15) is 36.9 Å². The minimum absolute atomic E-state index is 0. The van der Waals surface area contributed by atoms with E-state index in [0.29, 0.717) is 5.11 Å². The topological polar surface area (TPSA) is 40.5 Å². The van der Waals surface area contributed by atoms with Gasteiger partial charge in [0, 0.05) is 24.8 Å². The molecule has 3 rings (SSSR count). The van der Waals surface area contributed by atoms with E-state index in [-0.39, 0.29) is 17.1 Å². The summed E-state index contributed by atoms with van der Waals surface area (Å²) < 4.78 is 0. The molecule has 1 radical (unpaired) electrons. The Hall–Kier alpha value is -1.75. The molecule has 0 aliphatic carbocycles. The number of nitrogens with zero attached hydrogens (tertiary/aromatic N) is 3. The van der Waals surface area contributed by atoms with Crippen LogP contribution in [0.3, 0.4) is 0 Å². The van der Waals surface area contributed by atoms with Crippen molar-refractivity contribution in [2.24, 2.45) is 5.10 Å². The zero-order valence-electron chi connectivity index (χ0n) is 14.0. The molecule has 2 heterocycles. The molecule has 2 aromatic rings. The van der Waals surface area contributed by atoms with Crippen molar-refractivity contribution in [3.05, 3.63) is 66.0 Å². The molecule has 1 aliphatic rings. The Labute approximate surface area is 165 Å². The summed E-state index contributed by atoms with van der Waals surface area (Å²) in [4.78, 5) is 6.65. The summed E-state index contributed by atoms with van der Waals surface area (Å²) in [6, 6.07) is 15.9. The first-order chi connectivity index (χ1) is 11.8. The van der Waals surface area contributed by atoms with Crippen molar-refractivity contribution in [2.75, 3.05) is 13.1 Å². The second-order valence-corrected chi connectivity index (χ2v) is 6.25. The molecule has 0 bridgehead atoms. The van der Waals surface area contributed by atoms with Gasteiger partial charge in [0.15, 0.2) is 5.11 Å². The first-order valence-electron chi connectivity index (χ1n) is 8.44. The number of thiocarbonyl (C=S) groups is 1. The first kappa shape index (κ1) is 19.6. The quantitative estimate of drug-likeness (QED) is 0.369. The van der Waals surface area contributed by atoms with Crippen LogP contribution < -0.4 is 5.43 Å². The van der Waals surface area contributed by atoms with Crippen molar-refractivity contribution in [1.82, 2.24) is 15.3 Å². The maximum atomic E-state index is 5.54. The Morgan fingerprint density at radius 2 is 1.64 bits per heavy atom. The van der Waals surface area contributed by atoms with E-state index in [1.165, 1.54) is 25.7 Å². The summed E-state index contributed by atoms with van der Waals surface area (Å²) in [6.45, 7) is 2.01. The van der Waals surface area contributed by atoms with Crippen molar-refractivity contribution in [3.63, 3.8) is 0 Å². The summed E-state index contributed by atoms with van der Waals surface area (Å²) >= 11 is 5.54. The fourth-order valence-electron chi connectivity index (χ4n) is 2.82. The van der Waals surface area contributed by atoms with E-state index in [4.69, 9.17) is 12.2 Å². The number of hydrogen-bond donors (Lipinski definition) is 1. The fraction of sp³-hybridized carbons (Fsp3) is 0.316. The second-order valence-electron chi connectivity index (χ2n) is 5.86. The van der Waals surface area contributed by atoms with Crippen LogP contribution in [0.25, 0.3) is 0 Å². The molecule has 1 N–H and O–H groups in total. The molecule has 1 aromatic heterocycles. The smallest absolute Gasteiger partial charge is 0.348 e. The van der Waals surface area contributed by atoms with E-state index in [9.17, 15) is 0 Å². The van der Waals surface area contributed by atoms with Crippen molar-refractivity contribution in [1.29, 1.82) is 0 Å². The molecule has 0 unspecified atom stereocenters. The molecule has 0 spiro atoms. The van der Waals surface area contributed by atoms with Crippen LogP contribution in [0.4, 0.5) is 0 Å². The summed E-state index contributed by atoms with van der Waals surface area (Å²) in [5.74, 6) is 0. The Morgan fingerprint density at radius 3 is 2.28 bits per heavy atom. The van der Waals surface area contributed by atoms with Crippen molar-refractivity contribution >= 4 is 23.0 Å². The Balaban J connectivity index is 0.00000225. The molecule has 1 saturated heterocycles. The molecule has 1 fully saturated rings. The molecule has 6 heteroatoms. The van der Waals surface area contributed by atoms with Gasteiger partial charge in [0.1, 0.15) is 5.71 Å². The predicted octanol–water partition coefficient (Wildman–Crippen LogP) is 3.58. The van der Waals surface area contributed by atoms with Crippen LogP contribution in [0.15, 0.2) is 59.8 Å². The second kappa shape index (κ2) is 10.3. The van der Waals surface area contributed by atoms with Gasteiger partial charge in [-0.1, -0.05) is 49.2 Å². The molecule has 133 valence electrons. The van der Waals surface area contributed by atoms with E-state index >= 15 is 0 Å². The van der Waals surface area contributed by atoms with E-state index in [1.54, 1.807) is 6.20 Å². The van der Waals surface area contributed by atoms with Gasteiger partial charge in [-0.25, -0.2) is 0 Å². The number of benzene rings is 1. The van der Waals surface area contributed by atoms with Gasteiger partial charge in [0.25, 0.3) is 0 Å². The maximum absolute atomic E-state index is 5.54. The number of aromatic nitrogens is 1. The van der Waals surface area contributed by atoms with Crippen molar-refractivity contribution in [3.8, 4) is 0 Å². The number of pyridine rings is 1. The van der Waals surface area contributed by atoms with E-state index in [0.717, 1.165) is 30.1 Å². The monoisotopic (exact) mass is 401 g/mol. The normalized spacial score (nSPS) is 15.0. The summed E-state index contributed by atoms with van der Waals surface area (Å²) in [6.07, 6.45) is 6.73. The molecule has 0 atom stereocenters. The molecular formula is C19H22CuN4S+2. The minimum Gasteiger partial charge on any atom is -0.348 e. The SMILES string of the molecule is S=C(NN=C(c1ccccc1)c1ccccn1)N1CCCCCC1.[Cu+2].